The highest BCUT2D eigenvalue weighted by atomic mass is 35.5. The normalized spacial score (nSPS) is 20.8. The van der Waals surface area contributed by atoms with E-state index in [4.69, 9.17) is 11.6 Å². The van der Waals surface area contributed by atoms with E-state index in [-0.39, 0.29) is 33.5 Å². The Labute approximate surface area is 202 Å². The van der Waals surface area contributed by atoms with Crippen molar-refractivity contribution in [2.45, 2.75) is 23.3 Å². The van der Waals surface area contributed by atoms with E-state index in [1.165, 1.54) is 10.4 Å². The Morgan fingerprint density at radius 2 is 1.85 bits per heavy atom. The molecule has 34 heavy (non-hydrogen) atoms. The predicted molar refractivity (Wildman–Crippen MR) is 133 cm³/mol. The lowest BCUT2D eigenvalue weighted by atomic mass is 9.77. The second-order valence-corrected chi connectivity index (χ2v) is 10.9. The standard InChI is InChI=1S/C25H22ClN3O4S/c1-28(17-6-3-2-4-7-17)34(32,33)18-11-13-23-21(15-18)19-8-5-9-20(19)25(27-23)16-10-12-22(26)24(14-16)29(30)31/h2-8,10-15,19-20,25,27H,9H2,1H3. The summed E-state index contributed by atoms with van der Waals surface area (Å²) in [5, 5.41) is 15.0. The summed E-state index contributed by atoms with van der Waals surface area (Å²) in [6.45, 7) is 0. The molecule has 5 rings (SSSR count). The lowest BCUT2D eigenvalue weighted by Gasteiger charge is -2.37. The summed E-state index contributed by atoms with van der Waals surface area (Å²) in [6, 6.07) is 18.8. The molecule has 174 valence electrons. The largest absolute Gasteiger partial charge is 0.378 e. The van der Waals surface area contributed by atoms with Gasteiger partial charge in [-0.05, 0) is 59.9 Å². The molecule has 0 radical (unpaired) electrons. The van der Waals surface area contributed by atoms with Crippen molar-refractivity contribution in [3.63, 3.8) is 0 Å². The molecule has 0 amide bonds. The molecule has 9 heteroatoms. The van der Waals surface area contributed by atoms with E-state index in [9.17, 15) is 18.5 Å². The van der Waals surface area contributed by atoms with Gasteiger partial charge >= 0.3 is 0 Å². The molecule has 0 fully saturated rings. The highest BCUT2D eigenvalue weighted by Crippen LogP contribution is 2.50. The quantitative estimate of drug-likeness (QED) is 0.270. The zero-order valence-electron chi connectivity index (χ0n) is 18.3. The summed E-state index contributed by atoms with van der Waals surface area (Å²) in [5.74, 6) is 0.0891. The summed E-state index contributed by atoms with van der Waals surface area (Å²) < 4.78 is 28.0. The van der Waals surface area contributed by atoms with Crippen molar-refractivity contribution in [2.75, 3.05) is 16.7 Å². The molecule has 0 saturated carbocycles. The Hall–Kier alpha value is -3.36. The van der Waals surface area contributed by atoms with Gasteiger partial charge in [0, 0.05) is 24.7 Å². The first-order valence-electron chi connectivity index (χ1n) is 10.8. The van der Waals surface area contributed by atoms with Crippen LogP contribution in [0.3, 0.4) is 0 Å². The van der Waals surface area contributed by atoms with Crippen LogP contribution in [0.2, 0.25) is 5.02 Å². The number of nitrogens with zero attached hydrogens (tertiary/aromatic N) is 2. The molecule has 1 aliphatic carbocycles. The third-order valence-corrected chi connectivity index (χ3v) is 8.74. The molecule has 1 aliphatic heterocycles. The number of anilines is 2. The molecule has 7 nitrogen and oxygen atoms in total. The van der Waals surface area contributed by atoms with Crippen molar-refractivity contribution >= 4 is 38.7 Å². The molecule has 1 heterocycles. The average Bonchev–Trinajstić information content (AvgIpc) is 3.34. The van der Waals surface area contributed by atoms with Gasteiger partial charge in [0.2, 0.25) is 0 Å². The number of hydrogen-bond acceptors (Lipinski definition) is 5. The minimum atomic E-state index is -3.75. The number of para-hydroxylation sites is 1. The molecular weight excluding hydrogens is 474 g/mol. The second kappa shape index (κ2) is 8.45. The molecule has 3 unspecified atom stereocenters. The van der Waals surface area contributed by atoms with E-state index < -0.39 is 14.9 Å². The molecule has 3 aromatic rings. The maximum atomic E-state index is 13.3. The van der Waals surface area contributed by atoms with Crippen molar-refractivity contribution in [3.8, 4) is 0 Å². The summed E-state index contributed by atoms with van der Waals surface area (Å²) in [5.41, 5.74) is 2.96. The first-order valence-corrected chi connectivity index (χ1v) is 12.6. The number of allylic oxidation sites excluding steroid dienone is 2. The van der Waals surface area contributed by atoms with Crippen LogP contribution in [-0.4, -0.2) is 20.4 Å². The first kappa shape index (κ1) is 22.4. The zero-order valence-corrected chi connectivity index (χ0v) is 19.8. The zero-order chi connectivity index (χ0) is 24.0. The number of rotatable bonds is 5. The van der Waals surface area contributed by atoms with E-state index in [0.29, 0.717) is 5.69 Å². The Morgan fingerprint density at radius 1 is 1.09 bits per heavy atom. The summed E-state index contributed by atoms with van der Waals surface area (Å²) in [4.78, 5) is 11.1. The van der Waals surface area contributed by atoms with Gasteiger partial charge in [-0.1, -0.05) is 48.0 Å². The van der Waals surface area contributed by atoms with E-state index in [2.05, 4.69) is 17.5 Å². The van der Waals surface area contributed by atoms with E-state index in [1.807, 2.05) is 6.07 Å². The molecule has 3 atom stereocenters. The number of hydrogen-bond donors (Lipinski definition) is 1. The Balaban J connectivity index is 1.52. The minimum Gasteiger partial charge on any atom is -0.378 e. The van der Waals surface area contributed by atoms with Crippen LogP contribution < -0.4 is 9.62 Å². The number of benzene rings is 3. The highest BCUT2D eigenvalue weighted by Gasteiger charge is 2.39. The number of nitrogens with one attached hydrogen (secondary N) is 1. The SMILES string of the molecule is CN(c1ccccc1)S(=O)(=O)c1ccc2c(c1)C1C=CCC1C(c1ccc(Cl)c([N+](=O)[O-])c1)N2. The van der Waals surface area contributed by atoms with Crippen LogP contribution in [0.5, 0.6) is 0 Å². The van der Waals surface area contributed by atoms with Gasteiger partial charge in [0.15, 0.2) is 0 Å². The van der Waals surface area contributed by atoms with Crippen molar-refractivity contribution in [3.05, 3.63) is 105 Å². The number of halogens is 1. The maximum absolute atomic E-state index is 13.3. The van der Waals surface area contributed by atoms with Crippen LogP contribution in [0.15, 0.2) is 83.8 Å². The molecule has 0 bridgehead atoms. The topological polar surface area (TPSA) is 92.5 Å². The Bertz CT molecular complexity index is 1410. The summed E-state index contributed by atoms with van der Waals surface area (Å²) >= 11 is 6.02. The van der Waals surface area contributed by atoms with Gasteiger partial charge in [0.1, 0.15) is 5.02 Å². The van der Waals surface area contributed by atoms with Gasteiger partial charge in [-0.25, -0.2) is 8.42 Å². The molecule has 3 aromatic carbocycles. The average molecular weight is 496 g/mol. The fraction of sp³-hybridized carbons (Fsp3) is 0.200. The lowest BCUT2D eigenvalue weighted by Crippen LogP contribution is -2.30. The van der Waals surface area contributed by atoms with E-state index in [1.54, 1.807) is 61.6 Å². The first-order chi connectivity index (χ1) is 16.3. The molecule has 0 spiro atoms. The van der Waals surface area contributed by atoms with Crippen LogP contribution in [0.4, 0.5) is 17.1 Å². The van der Waals surface area contributed by atoms with Crippen LogP contribution in [-0.2, 0) is 10.0 Å². The Morgan fingerprint density at radius 3 is 2.59 bits per heavy atom. The number of sulfonamides is 1. The molecule has 0 saturated heterocycles. The smallest absolute Gasteiger partial charge is 0.288 e. The van der Waals surface area contributed by atoms with Crippen molar-refractivity contribution in [1.29, 1.82) is 0 Å². The number of nitro groups is 1. The lowest BCUT2D eigenvalue weighted by molar-refractivity contribution is -0.384. The van der Waals surface area contributed by atoms with Crippen molar-refractivity contribution in [1.82, 2.24) is 0 Å². The monoisotopic (exact) mass is 495 g/mol. The van der Waals surface area contributed by atoms with E-state index in [0.717, 1.165) is 23.2 Å². The minimum absolute atomic E-state index is 0.00633. The maximum Gasteiger partial charge on any atom is 0.288 e. The predicted octanol–water partition coefficient (Wildman–Crippen LogP) is 5.90. The van der Waals surface area contributed by atoms with Crippen LogP contribution in [0.25, 0.3) is 0 Å². The van der Waals surface area contributed by atoms with Crippen LogP contribution >= 0.6 is 11.6 Å². The fourth-order valence-electron chi connectivity index (χ4n) is 4.86. The second-order valence-electron chi connectivity index (χ2n) is 8.50. The van der Waals surface area contributed by atoms with Crippen molar-refractivity contribution in [2.24, 2.45) is 5.92 Å². The Kier molecular flexibility index (Phi) is 5.58. The van der Waals surface area contributed by atoms with Crippen LogP contribution in [0, 0.1) is 16.0 Å². The van der Waals surface area contributed by atoms with E-state index >= 15 is 0 Å². The highest BCUT2D eigenvalue weighted by molar-refractivity contribution is 7.92. The van der Waals surface area contributed by atoms with Gasteiger partial charge in [0.25, 0.3) is 15.7 Å². The van der Waals surface area contributed by atoms with Gasteiger partial charge in [-0.3, -0.25) is 14.4 Å². The van der Waals surface area contributed by atoms with Crippen LogP contribution in [0.1, 0.15) is 29.5 Å². The van der Waals surface area contributed by atoms with Gasteiger partial charge in [-0.15, -0.1) is 0 Å². The van der Waals surface area contributed by atoms with Crippen molar-refractivity contribution < 1.29 is 13.3 Å². The molecule has 0 aromatic heterocycles. The van der Waals surface area contributed by atoms with Gasteiger partial charge in [-0.2, -0.15) is 0 Å². The fourth-order valence-corrected chi connectivity index (χ4v) is 6.28. The van der Waals surface area contributed by atoms with Gasteiger partial charge < -0.3 is 5.32 Å². The molecule has 1 N–H and O–H groups in total. The number of nitro benzene ring substituents is 1. The van der Waals surface area contributed by atoms with Gasteiger partial charge in [0.05, 0.1) is 21.5 Å². The molecular formula is C25H22ClN3O4S. The third-order valence-electron chi connectivity index (χ3n) is 6.64. The number of fused-ring (bicyclic) bond motifs is 3. The summed E-state index contributed by atoms with van der Waals surface area (Å²) in [6.07, 6.45) is 4.96. The molecule has 2 aliphatic rings. The third kappa shape index (κ3) is 3.73. The summed E-state index contributed by atoms with van der Waals surface area (Å²) in [7, 11) is -2.20.